The van der Waals surface area contributed by atoms with Crippen LogP contribution in [0.4, 0.5) is 0 Å². The Labute approximate surface area is 190 Å². The molecule has 0 aliphatic heterocycles. The molecule has 0 radical (unpaired) electrons. The number of carbonyl (C=O) groups excluding carboxylic acids is 2. The molecule has 10 heteroatoms. The van der Waals surface area contributed by atoms with E-state index in [-0.39, 0.29) is 5.97 Å². The molecule has 3 rings (SSSR count). The van der Waals surface area contributed by atoms with E-state index in [2.05, 4.69) is 20.7 Å². The first-order chi connectivity index (χ1) is 15.5. The monoisotopic (exact) mass is 451 g/mol. The van der Waals surface area contributed by atoms with Gasteiger partial charge in [-0.25, -0.2) is 0 Å². The number of nitrogens with zero attached hydrogens (tertiary/aromatic N) is 4. The molecule has 0 aliphatic rings. The van der Waals surface area contributed by atoms with Crippen LogP contribution in [-0.4, -0.2) is 49.2 Å². The van der Waals surface area contributed by atoms with Crippen LogP contribution in [0.2, 0.25) is 0 Å². The molecule has 3 aromatic rings. The first kappa shape index (κ1) is 23.6. The number of rotatable bonds is 7. The highest BCUT2D eigenvalue weighted by Crippen LogP contribution is 2.22. The molecule has 0 unspecified atom stereocenters. The number of aromatic nitrogens is 4. The van der Waals surface area contributed by atoms with Gasteiger partial charge in [0.25, 0.3) is 5.91 Å². The van der Waals surface area contributed by atoms with Crippen LogP contribution in [0, 0.1) is 5.41 Å². The van der Waals surface area contributed by atoms with E-state index in [0.29, 0.717) is 23.7 Å². The van der Waals surface area contributed by atoms with Crippen molar-refractivity contribution >= 4 is 17.8 Å². The number of ether oxygens (including phenoxy) is 1. The van der Waals surface area contributed by atoms with Crippen LogP contribution in [0.3, 0.4) is 0 Å². The lowest BCUT2D eigenvalue weighted by atomic mass is 9.97. The number of esters is 1. The maximum atomic E-state index is 12.1. The van der Waals surface area contributed by atoms with E-state index in [1.165, 1.54) is 11.7 Å². The largest absolute Gasteiger partial charge is 0.480 e. The van der Waals surface area contributed by atoms with Gasteiger partial charge >= 0.3 is 11.9 Å². The van der Waals surface area contributed by atoms with Gasteiger partial charge in [0.2, 0.25) is 5.82 Å². The molecule has 2 aromatic carbocycles. The van der Waals surface area contributed by atoms with E-state index in [4.69, 9.17) is 9.84 Å². The summed E-state index contributed by atoms with van der Waals surface area (Å²) in [6, 6.07) is 12.6. The standard InChI is InChI=1S/C23H25N5O5/c1-14(21(30)31)24-20(29)17-7-5-15(6-8-17)13-28-26-19(25-27-28)16-9-11-18(12-10-16)33-22(32)23(2,3)4/h5-12,14H,13H2,1-4H3,(H,24,29)(H,30,31)/t14-/m0/s1. The van der Waals surface area contributed by atoms with Crippen molar-refractivity contribution in [2.75, 3.05) is 0 Å². The van der Waals surface area contributed by atoms with Crippen molar-refractivity contribution < 1.29 is 24.2 Å². The van der Waals surface area contributed by atoms with E-state index in [9.17, 15) is 14.4 Å². The number of nitrogens with one attached hydrogen (secondary N) is 1. The van der Waals surface area contributed by atoms with E-state index in [1.807, 2.05) is 0 Å². The maximum Gasteiger partial charge on any atom is 0.325 e. The molecular weight excluding hydrogens is 426 g/mol. The predicted molar refractivity (Wildman–Crippen MR) is 118 cm³/mol. The molecule has 1 atom stereocenters. The van der Waals surface area contributed by atoms with Gasteiger partial charge in [0.1, 0.15) is 11.8 Å². The average Bonchev–Trinajstić information content (AvgIpc) is 3.22. The van der Waals surface area contributed by atoms with Crippen molar-refractivity contribution in [3.63, 3.8) is 0 Å². The number of benzene rings is 2. The van der Waals surface area contributed by atoms with Crippen molar-refractivity contribution in [2.24, 2.45) is 5.41 Å². The number of carboxylic acid groups (broad SMARTS) is 1. The zero-order valence-electron chi connectivity index (χ0n) is 18.8. The molecule has 172 valence electrons. The first-order valence-electron chi connectivity index (χ1n) is 10.3. The Morgan fingerprint density at radius 3 is 2.27 bits per heavy atom. The Balaban J connectivity index is 1.62. The smallest absolute Gasteiger partial charge is 0.325 e. The van der Waals surface area contributed by atoms with E-state index in [1.54, 1.807) is 69.3 Å². The van der Waals surface area contributed by atoms with Gasteiger partial charge < -0.3 is 15.2 Å². The first-order valence-corrected chi connectivity index (χ1v) is 10.3. The minimum Gasteiger partial charge on any atom is -0.480 e. The van der Waals surface area contributed by atoms with Crippen LogP contribution < -0.4 is 10.1 Å². The van der Waals surface area contributed by atoms with Crippen LogP contribution >= 0.6 is 0 Å². The molecule has 0 bridgehead atoms. The summed E-state index contributed by atoms with van der Waals surface area (Å²) in [4.78, 5) is 36.4. The molecule has 0 fully saturated rings. The highest BCUT2D eigenvalue weighted by atomic mass is 16.5. The van der Waals surface area contributed by atoms with Crippen LogP contribution in [0.5, 0.6) is 5.75 Å². The normalized spacial score (nSPS) is 12.1. The molecule has 2 N–H and O–H groups in total. The minimum absolute atomic E-state index is 0.320. The second-order valence-electron chi connectivity index (χ2n) is 8.54. The molecule has 0 aliphatic carbocycles. The van der Waals surface area contributed by atoms with Gasteiger partial charge in [-0.3, -0.25) is 14.4 Å². The van der Waals surface area contributed by atoms with Crippen molar-refractivity contribution in [2.45, 2.75) is 40.3 Å². The summed E-state index contributed by atoms with van der Waals surface area (Å²) in [6.07, 6.45) is 0. The number of carboxylic acids is 1. The van der Waals surface area contributed by atoms with E-state index >= 15 is 0 Å². The van der Waals surface area contributed by atoms with Crippen LogP contribution in [-0.2, 0) is 16.1 Å². The Morgan fingerprint density at radius 1 is 1.06 bits per heavy atom. The van der Waals surface area contributed by atoms with Crippen molar-refractivity contribution in [3.8, 4) is 17.1 Å². The summed E-state index contributed by atoms with van der Waals surface area (Å²) in [5, 5.41) is 23.8. The van der Waals surface area contributed by atoms with Crippen molar-refractivity contribution in [3.05, 3.63) is 59.7 Å². The van der Waals surface area contributed by atoms with Crippen molar-refractivity contribution in [1.82, 2.24) is 25.5 Å². The lowest BCUT2D eigenvalue weighted by Gasteiger charge is -2.16. The van der Waals surface area contributed by atoms with Crippen LogP contribution in [0.1, 0.15) is 43.6 Å². The third kappa shape index (κ3) is 6.22. The van der Waals surface area contributed by atoms with Gasteiger partial charge in [-0.1, -0.05) is 12.1 Å². The summed E-state index contributed by atoms with van der Waals surface area (Å²) in [5.74, 6) is -1.03. The molecule has 0 saturated carbocycles. The number of aliphatic carboxylic acids is 1. The van der Waals surface area contributed by atoms with Crippen LogP contribution in [0.15, 0.2) is 48.5 Å². The van der Waals surface area contributed by atoms with E-state index in [0.717, 1.165) is 11.1 Å². The summed E-state index contributed by atoms with van der Waals surface area (Å²) in [6.45, 7) is 7.09. The fraction of sp³-hybridized carbons (Fsp3) is 0.304. The average molecular weight is 451 g/mol. The van der Waals surface area contributed by atoms with Gasteiger partial charge in [0, 0.05) is 11.1 Å². The molecule has 33 heavy (non-hydrogen) atoms. The quantitative estimate of drug-likeness (QED) is 0.413. The summed E-state index contributed by atoms with van der Waals surface area (Å²) in [5.41, 5.74) is 1.32. The molecule has 10 nitrogen and oxygen atoms in total. The Bertz CT molecular complexity index is 1150. The summed E-state index contributed by atoms with van der Waals surface area (Å²) in [7, 11) is 0. The molecule has 0 spiro atoms. The fourth-order valence-corrected chi connectivity index (χ4v) is 2.62. The van der Waals surface area contributed by atoms with Gasteiger partial charge in [0.05, 0.1) is 12.0 Å². The number of carbonyl (C=O) groups is 3. The fourth-order valence-electron chi connectivity index (χ4n) is 2.62. The number of tetrazole rings is 1. The van der Waals surface area contributed by atoms with Crippen molar-refractivity contribution in [1.29, 1.82) is 0 Å². The zero-order chi connectivity index (χ0) is 24.2. The molecule has 1 heterocycles. The molecule has 1 aromatic heterocycles. The lowest BCUT2D eigenvalue weighted by Crippen LogP contribution is -2.38. The Morgan fingerprint density at radius 2 is 1.70 bits per heavy atom. The highest BCUT2D eigenvalue weighted by molar-refractivity contribution is 5.96. The van der Waals surface area contributed by atoms with E-state index < -0.39 is 23.3 Å². The minimum atomic E-state index is -1.10. The van der Waals surface area contributed by atoms with Gasteiger partial charge in [-0.2, -0.15) is 4.80 Å². The predicted octanol–water partition coefficient (Wildman–Crippen LogP) is 2.54. The highest BCUT2D eigenvalue weighted by Gasteiger charge is 2.23. The zero-order valence-corrected chi connectivity index (χ0v) is 18.8. The molecule has 1 amide bonds. The molecule has 0 saturated heterocycles. The second-order valence-corrected chi connectivity index (χ2v) is 8.54. The topological polar surface area (TPSA) is 136 Å². The molecular formula is C23H25N5O5. The lowest BCUT2D eigenvalue weighted by molar-refractivity contribution is -0.143. The SMILES string of the molecule is C[C@H](NC(=O)c1ccc(Cn2nnc(-c3ccc(OC(=O)C(C)(C)C)cc3)n2)cc1)C(=O)O. The summed E-state index contributed by atoms with van der Waals surface area (Å²) >= 11 is 0. The number of amides is 1. The van der Waals surface area contributed by atoms with Gasteiger partial charge in [-0.15, -0.1) is 10.2 Å². The van der Waals surface area contributed by atoms with Crippen LogP contribution in [0.25, 0.3) is 11.4 Å². The maximum absolute atomic E-state index is 12.1. The Hall–Kier alpha value is -4.08. The third-order valence-corrected chi connectivity index (χ3v) is 4.65. The second kappa shape index (κ2) is 9.60. The number of hydrogen-bond acceptors (Lipinski definition) is 7. The van der Waals surface area contributed by atoms with Gasteiger partial charge in [0.15, 0.2) is 0 Å². The van der Waals surface area contributed by atoms with Gasteiger partial charge in [-0.05, 0) is 74.9 Å². The Kier molecular flexibility index (Phi) is 6.86. The third-order valence-electron chi connectivity index (χ3n) is 4.65. The summed E-state index contributed by atoms with van der Waals surface area (Å²) < 4.78 is 5.35. The number of hydrogen-bond donors (Lipinski definition) is 2.